The molecule has 2 heteroatoms. The van der Waals surface area contributed by atoms with Crippen LogP contribution in [0.4, 0.5) is 0 Å². The summed E-state index contributed by atoms with van der Waals surface area (Å²) >= 11 is 0. The second kappa shape index (κ2) is 3.62. The normalized spacial score (nSPS) is 23.7. The molecule has 1 aromatic rings. The average Bonchev–Trinajstić information content (AvgIpc) is 2.30. The molecule has 0 radical (unpaired) electrons. The summed E-state index contributed by atoms with van der Waals surface area (Å²) in [7, 11) is 0. The number of benzene rings is 1. The summed E-state index contributed by atoms with van der Waals surface area (Å²) in [5.74, 6) is 0. The van der Waals surface area contributed by atoms with E-state index in [0.717, 1.165) is 32.6 Å². The van der Waals surface area contributed by atoms with E-state index in [-0.39, 0.29) is 0 Å². The van der Waals surface area contributed by atoms with E-state index in [2.05, 4.69) is 29.6 Å². The Labute approximate surface area is 90.6 Å². The van der Waals surface area contributed by atoms with Crippen molar-refractivity contribution in [3.63, 3.8) is 0 Å². The van der Waals surface area contributed by atoms with Crippen molar-refractivity contribution in [1.82, 2.24) is 5.32 Å². The third-order valence-electron chi connectivity index (χ3n) is 3.75. The Morgan fingerprint density at radius 1 is 1.07 bits per heavy atom. The quantitative estimate of drug-likeness (QED) is 0.695. The zero-order valence-corrected chi connectivity index (χ0v) is 8.96. The largest absolute Gasteiger partial charge is 0.381 e. The second-order valence-electron chi connectivity index (χ2n) is 4.69. The molecular formula is C13H17NO. The molecule has 0 unspecified atom stereocenters. The Hall–Kier alpha value is -0.860. The van der Waals surface area contributed by atoms with Gasteiger partial charge in [0.25, 0.3) is 0 Å². The van der Waals surface area contributed by atoms with Crippen molar-refractivity contribution < 1.29 is 4.74 Å². The van der Waals surface area contributed by atoms with Crippen LogP contribution in [-0.4, -0.2) is 18.8 Å². The number of nitrogens with one attached hydrogen (secondary N) is 1. The highest BCUT2D eigenvalue weighted by atomic mass is 16.5. The minimum atomic E-state index is 0.326. The van der Waals surface area contributed by atoms with Gasteiger partial charge in [0.2, 0.25) is 0 Å². The second-order valence-corrected chi connectivity index (χ2v) is 4.69. The highest BCUT2D eigenvalue weighted by molar-refractivity contribution is 5.31. The van der Waals surface area contributed by atoms with Crippen LogP contribution in [0.15, 0.2) is 24.3 Å². The molecule has 2 aliphatic heterocycles. The van der Waals surface area contributed by atoms with E-state index >= 15 is 0 Å². The van der Waals surface area contributed by atoms with Crippen LogP contribution in [0.2, 0.25) is 0 Å². The molecule has 1 spiro atoms. The maximum Gasteiger partial charge on any atom is 0.0483 e. The Kier molecular flexibility index (Phi) is 2.26. The smallest absolute Gasteiger partial charge is 0.0483 e. The van der Waals surface area contributed by atoms with Gasteiger partial charge in [-0.15, -0.1) is 0 Å². The Morgan fingerprint density at radius 3 is 2.60 bits per heavy atom. The maximum absolute atomic E-state index is 5.44. The van der Waals surface area contributed by atoms with Crippen molar-refractivity contribution in [2.45, 2.75) is 31.3 Å². The first kappa shape index (κ1) is 9.37. The predicted molar refractivity (Wildman–Crippen MR) is 59.8 cm³/mol. The third kappa shape index (κ3) is 1.68. The van der Waals surface area contributed by atoms with Crippen LogP contribution in [0.5, 0.6) is 0 Å². The molecule has 15 heavy (non-hydrogen) atoms. The Bertz CT molecular complexity index is 355. The lowest BCUT2D eigenvalue weighted by Gasteiger charge is -2.42. The minimum absolute atomic E-state index is 0.326. The highest BCUT2D eigenvalue weighted by Crippen LogP contribution is 2.30. The van der Waals surface area contributed by atoms with Crippen molar-refractivity contribution in [1.29, 1.82) is 0 Å². The molecule has 0 atom stereocenters. The third-order valence-corrected chi connectivity index (χ3v) is 3.75. The Balaban J connectivity index is 1.87. The minimum Gasteiger partial charge on any atom is -0.381 e. The highest BCUT2D eigenvalue weighted by Gasteiger charge is 2.35. The van der Waals surface area contributed by atoms with Gasteiger partial charge in [0.05, 0.1) is 0 Å². The van der Waals surface area contributed by atoms with Gasteiger partial charge in [-0.1, -0.05) is 24.3 Å². The maximum atomic E-state index is 5.44. The van der Waals surface area contributed by atoms with E-state index in [4.69, 9.17) is 4.74 Å². The first-order valence-corrected chi connectivity index (χ1v) is 5.78. The van der Waals surface area contributed by atoms with Crippen LogP contribution in [0.1, 0.15) is 24.0 Å². The summed E-state index contributed by atoms with van der Waals surface area (Å²) < 4.78 is 5.44. The molecule has 0 saturated carbocycles. The lowest BCUT2D eigenvalue weighted by atomic mass is 9.79. The van der Waals surface area contributed by atoms with E-state index in [1.165, 1.54) is 17.5 Å². The van der Waals surface area contributed by atoms with Crippen molar-refractivity contribution in [2.75, 3.05) is 13.2 Å². The molecular weight excluding hydrogens is 186 g/mol. The zero-order chi connectivity index (χ0) is 10.1. The van der Waals surface area contributed by atoms with Gasteiger partial charge in [0.15, 0.2) is 0 Å². The van der Waals surface area contributed by atoms with Gasteiger partial charge in [-0.3, -0.25) is 0 Å². The molecule has 2 nitrogen and oxygen atoms in total. The average molecular weight is 203 g/mol. The SMILES string of the molecule is c1ccc2c(c1)CNC1(CCOCC1)C2. The molecule has 80 valence electrons. The van der Waals surface area contributed by atoms with Gasteiger partial charge in [-0.25, -0.2) is 0 Å². The summed E-state index contributed by atoms with van der Waals surface area (Å²) in [5, 5.41) is 3.71. The van der Waals surface area contributed by atoms with Crippen LogP contribution < -0.4 is 5.32 Å². The molecule has 0 bridgehead atoms. The molecule has 0 aliphatic carbocycles. The molecule has 3 rings (SSSR count). The molecule has 0 amide bonds. The van der Waals surface area contributed by atoms with Crippen LogP contribution in [0.3, 0.4) is 0 Å². The van der Waals surface area contributed by atoms with Gasteiger partial charge in [-0.2, -0.15) is 0 Å². The standard InChI is InChI=1S/C13H17NO/c1-2-4-12-10-14-13(9-11(12)3-1)5-7-15-8-6-13/h1-4,14H,5-10H2. The molecule has 1 saturated heterocycles. The van der Waals surface area contributed by atoms with E-state index in [1.807, 2.05) is 0 Å². The predicted octanol–water partition coefficient (Wildman–Crippen LogP) is 1.88. The molecule has 1 aromatic carbocycles. The molecule has 2 heterocycles. The van der Waals surface area contributed by atoms with Gasteiger partial charge >= 0.3 is 0 Å². The van der Waals surface area contributed by atoms with E-state index in [0.29, 0.717) is 5.54 Å². The van der Waals surface area contributed by atoms with Crippen LogP contribution in [0.25, 0.3) is 0 Å². The zero-order valence-electron chi connectivity index (χ0n) is 8.96. The summed E-state index contributed by atoms with van der Waals surface area (Å²) in [6.07, 6.45) is 3.48. The first-order chi connectivity index (χ1) is 7.38. The number of ether oxygens (including phenoxy) is 1. The monoisotopic (exact) mass is 203 g/mol. The van der Waals surface area contributed by atoms with E-state index < -0.39 is 0 Å². The van der Waals surface area contributed by atoms with Gasteiger partial charge in [-0.05, 0) is 30.4 Å². The number of hydrogen-bond acceptors (Lipinski definition) is 2. The van der Waals surface area contributed by atoms with Crippen molar-refractivity contribution >= 4 is 0 Å². The molecule has 0 aromatic heterocycles. The van der Waals surface area contributed by atoms with Crippen LogP contribution in [-0.2, 0) is 17.7 Å². The summed E-state index contributed by atoms with van der Waals surface area (Å²) in [6, 6.07) is 8.78. The van der Waals surface area contributed by atoms with E-state index in [1.54, 1.807) is 0 Å². The van der Waals surface area contributed by atoms with Gasteiger partial charge < -0.3 is 10.1 Å². The van der Waals surface area contributed by atoms with Gasteiger partial charge in [0, 0.05) is 25.3 Å². The number of hydrogen-bond donors (Lipinski definition) is 1. The first-order valence-electron chi connectivity index (χ1n) is 5.78. The Morgan fingerprint density at radius 2 is 1.80 bits per heavy atom. The molecule has 2 aliphatic rings. The van der Waals surface area contributed by atoms with Crippen LogP contribution >= 0.6 is 0 Å². The fraction of sp³-hybridized carbons (Fsp3) is 0.538. The summed E-state index contributed by atoms with van der Waals surface area (Å²) in [4.78, 5) is 0. The lowest BCUT2D eigenvalue weighted by Crippen LogP contribution is -2.53. The fourth-order valence-electron chi connectivity index (χ4n) is 2.73. The summed E-state index contributed by atoms with van der Waals surface area (Å²) in [6.45, 7) is 2.85. The fourth-order valence-corrected chi connectivity index (χ4v) is 2.73. The molecule has 1 N–H and O–H groups in total. The van der Waals surface area contributed by atoms with Crippen molar-refractivity contribution in [3.8, 4) is 0 Å². The molecule has 1 fully saturated rings. The lowest BCUT2D eigenvalue weighted by molar-refractivity contribution is 0.0347. The van der Waals surface area contributed by atoms with Crippen molar-refractivity contribution in [2.24, 2.45) is 0 Å². The summed E-state index contributed by atoms with van der Waals surface area (Å²) in [5.41, 5.74) is 3.32. The van der Waals surface area contributed by atoms with Crippen molar-refractivity contribution in [3.05, 3.63) is 35.4 Å². The van der Waals surface area contributed by atoms with E-state index in [9.17, 15) is 0 Å². The number of fused-ring (bicyclic) bond motifs is 1. The van der Waals surface area contributed by atoms with Crippen LogP contribution in [0, 0.1) is 0 Å². The topological polar surface area (TPSA) is 21.3 Å². The number of rotatable bonds is 0. The van der Waals surface area contributed by atoms with Gasteiger partial charge in [0.1, 0.15) is 0 Å².